The SMILES string of the molecule is CCOC(=O)c1ccc2nc(NC(=O)CSc3nc(CC)c(C)[nH]3)sc2c1.Cl. The summed E-state index contributed by atoms with van der Waals surface area (Å²) in [5.74, 6) is -0.285. The summed E-state index contributed by atoms with van der Waals surface area (Å²) in [6.45, 7) is 6.11. The number of aromatic amines is 1. The zero-order chi connectivity index (χ0) is 19.4. The first kappa shape index (κ1) is 22.2. The first-order chi connectivity index (χ1) is 13.0. The summed E-state index contributed by atoms with van der Waals surface area (Å²) < 4.78 is 5.82. The molecule has 0 saturated carbocycles. The van der Waals surface area contributed by atoms with Gasteiger partial charge in [0.25, 0.3) is 0 Å². The molecule has 0 fully saturated rings. The van der Waals surface area contributed by atoms with E-state index in [1.165, 1.54) is 23.1 Å². The van der Waals surface area contributed by atoms with Crippen molar-refractivity contribution in [3.8, 4) is 0 Å². The van der Waals surface area contributed by atoms with Crippen molar-refractivity contribution in [1.82, 2.24) is 15.0 Å². The Hall–Kier alpha value is -2.10. The van der Waals surface area contributed by atoms with E-state index in [4.69, 9.17) is 4.74 Å². The highest BCUT2D eigenvalue weighted by atomic mass is 35.5. The fourth-order valence-electron chi connectivity index (χ4n) is 2.49. The Kier molecular flexibility index (Phi) is 7.85. The molecule has 1 aromatic carbocycles. The lowest BCUT2D eigenvalue weighted by atomic mass is 10.2. The van der Waals surface area contributed by atoms with Crippen LogP contribution in [0.2, 0.25) is 0 Å². The molecule has 0 aliphatic heterocycles. The van der Waals surface area contributed by atoms with Gasteiger partial charge in [-0.1, -0.05) is 30.0 Å². The largest absolute Gasteiger partial charge is 0.462 e. The molecule has 28 heavy (non-hydrogen) atoms. The maximum Gasteiger partial charge on any atom is 0.338 e. The highest BCUT2D eigenvalue weighted by molar-refractivity contribution is 7.99. The number of aromatic nitrogens is 3. The van der Waals surface area contributed by atoms with E-state index in [2.05, 4.69) is 20.3 Å². The van der Waals surface area contributed by atoms with Gasteiger partial charge in [0.2, 0.25) is 5.91 Å². The number of amides is 1. The number of hydrogen-bond donors (Lipinski definition) is 2. The van der Waals surface area contributed by atoms with Crippen molar-refractivity contribution < 1.29 is 14.3 Å². The van der Waals surface area contributed by atoms with Crippen LogP contribution in [0.15, 0.2) is 23.4 Å². The fraction of sp³-hybridized carbons (Fsp3) is 0.333. The van der Waals surface area contributed by atoms with Gasteiger partial charge < -0.3 is 15.0 Å². The summed E-state index contributed by atoms with van der Waals surface area (Å²) in [6, 6.07) is 5.15. The van der Waals surface area contributed by atoms with E-state index >= 15 is 0 Å². The van der Waals surface area contributed by atoms with Crippen LogP contribution in [-0.4, -0.2) is 39.2 Å². The number of aryl methyl sites for hydroxylation is 2. The predicted octanol–water partition coefficient (Wildman–Crippen LogP) is 4.22. The number of ether oxygens (including phenoxy) is 1. The second kappa shape index (κ2) is 9.90. The summed E-state index contributed by atoms with van der Waals surface area (Å²) in [7, 11) is 0. The van der Waals surface area contributed by atoms with Crippen LogP contribution in [0.25, 0.3) is 10.2 Å². The summed E-state index contributed by atoms with van der Waals surface area (Å²) in [5.41, 5.74) is 3.25. The lowest BCUT2D eigenvalue weighted by Gasteiger charge is -2.00. The third kappa shape index (κ3) is 5.24. The molecule has 0 saturated heterocycles. The Morgan fingerprint density at radius 3 is 2.75 bits per heavy atom. The highest BCUT2D eigenvalue weighted by Crippen LogP contribution is 2.27. The zero-order valence-electron chi connectivity index (χ0n) is 15.7. The van der Waals surface area contributed by atoms with Crippen molar-refractivity contribution in [3.63, 3.8) is 0 Å². The number of H-pyrrole nitrogens is 1. The minimum Gasteiger partial charge on any atom is -0.462 e. The maximum absolute atomic E-state index is 12.2. The monoisotopic (exact) mass is 440 g/mol. The fourth-order valence-corrected chi connectivity index (χ4v) is 4.15. The average molecular weight is 441 g/mol. The van der Waals surface area contributed by atoms with Crippen LogP contribution in [0, 0.1) is 6.92 Å². The molecule has 10 heteroatoms. The molecule has 0 aliphatic rings. The van der Waals surface area contributed by atoms with Gasteiger partial charge in [0.05, 0.1) is 33.8 Å². The molecule has 0 atom stereocenters. The molecule has 7 nitrogen and oxygen atoms in total. The van der Waals surface area contributed by atoms with E-state index in [1.807, 2.05) is 13.8 Å². The topological polar surface area (TPSA) is 97.0 Å². The first-order valence-corrected chi connectivity index (χ1v) is 10.4. The van der Waals surface area contributed by atoms with Gasteiger partial charge in [-0.3, -0.25) is 4.79 Å². The van der Waals surface area contributed by atoms with Gasteiger partial charge in [-0.2, -0.15) is 0 Å². The Morgan fingerprint density at radius 1 is 1.29 bits per heavy atom. The van der Waals surface area contributed by atoms with Crippen LogP contribution in [0.5, 0.6) is 0 Å². The molecule has 150 valence electrons. The molecule has 0 radical (unpaired) electrons. The number of hydrogen-bond acceptors (Lipinski definition) is 7. The second-order valence-electron chi connectivity index (χ2n) is 5.73. The van der Waals surface area contributed by atoms with Gasteiger partial charge >= 0.3 is 5.97 Å². The minimum atomic E-state index is -0.366. The number of halogens is 1. The van der Waals surface area contributed by atoms with Crippen molar-refractivity contribution in [2.24, 2.45) is 0 Å². The maximum atomic E-state index is 12.2. The number of carbonyl (C=O) groups is 2. The smallest absolute Gasteiger partial charge is 0.338 e. The van der Waals surface area contributed by atoms with Crippen LogP contribution < -0.4 is 5.32 Å². The van der Waals surface area contributed by atoms with Gasteiger partial charge in [-0.15, -0.1) is 12.4 Å². The predicted molar refractivity (Wildman–Crippen MR) is 115 cm³/mol. The van der Waals surface area contributed by atoms with E-state index in [0.29, 0.717) is 17.3 Å². The van der Waals surface area contributed by atoms with E-state index in [0.717, 1.165) is 33.2 Å². The second-order valence-corrected chi connectivity index (χ2v) is 7.72. The number of imidazole rings is 1. The van der Waals surface area contributed by atoms with E-state index in [1.54, 1.807) is 25.1 Å². The molecular weight excluding hydrogens is 420 g/mol. The first-order valence-electron chi connectivity index (χ1n) is 8.56. The number of anilines is 1. The lowest BCUT2D eigenvalue weighted by Crippen LogP contribution is -2.13. The quantitative estimate of drug-likeness (QED) is 0.421. The number of thioether (sulfide) groups is 1. The van der Waals surface area contributed by atoms with Gasteiger partial charge in [0, 0.05) is 5.69 Å². The number of esters is 1. The molecule has 0 unspecified atom stereocenters. The number of nitrogens with one attached hydrogen (secondary N) is 2. The molecule has 2 aromatic heterocycles. The molecule has 2 N–H and O–H groups in total. The average Bonchev–Trinajstić information content (AvgIpc) is 3.21. The summed E-state index contributed by atoms with van der Waals surface area (Å²) in [4.78, 5) is 36.0. The van der Waals surface area contributed by atoms with Crippen molar-refractivity contribution in [2.75, 3.05) is 17.7 Å². The molecule has 1 amide bonds. The Morgan fingerprint density at radius 2 is 2.07 bits per heavy atom. The number of thiazole rings is 1. The molecule has 2 heterocycles. The third-order valence-corrected chi connectivity index (χ3v) is 5.59. The van der Waals surface area contributed by atoms with Gasteiger partial charge in [0.1, 0.15) is 0 Å². The molecular formula is C18H21ClN4O3S2. The Bertz CT molecular complexity index is 987. The molecule has 0 bridgehead atoms. The van der Waals surface area contributed by atoms with Crippen LogP contribution in [0.3, 0.4) is 0 Å². The molecule has 3 rings (SSSR count). The molecule has 0 aliphatic carbocycles. The number of nitrogens with zero attached hydrogens (tertiary/aromatic N) is 2. The van der Waals surface area contributed by atoms with Gasteiger partial charge in [0.15, 0.2) is 10.3 Å². The van der Waals surface area contributed by atoms with Crippen molar-refractivity contribution in [3.05, 3.63) is 35.2 Å². The third-order valence-electron chi connectivity index (χ3n) is 3.78. The van der Waals surface area contributed by atoms with E-state index < -0.39 is 0 Å². The molecule has 0 spiro atoms. The number of rotatable bonds is 7. The lowest BCUT2D eigenvalue weighted by molar-refractivity contribution is -0.113. The van der Waals surface area contributed by atoms with Crippen LogP contribution in [0.1, 0.15) is 35.6 Å². The van der Waals surface area contributed by atoms with E-state index in [-0.39, 0.29) is 30.0 Å². The Balaban J connectivity index is 0.00000280. The van der Waals surface area contributed by atoms with Gasteiger partial charge in [-0.05, 0) is 38.5 Å². The van der Waals surface area contributed by atoms with Crippen LogP contribution in [0.4, 0.5) is 5.13 Å². The van der Waals surface area contributed by atoms with Crippen LogP contribution in [-0.2, 0) is 16.0 Å². The van der Waals surface area contributed by atoms with Crippen molar-refractivity contribution in [2.45, 2.75) is 32.3 Å². The number of carbonyl (C=O) groups excluding carboxylic acids is 2. The molecule has 3 aromatic rings. The van der Waals surface area contributed by atoms with E-state index in [9.17, 15) is 9.59 Å². The van der Waals surface area contributed by atoms with Crippen LogP contribution >= 0.6 is 35.5 Å². The number of benzene rings is 1. The number of fused-ring (bicyclic) bond motifs is 1. The summed E-state index contributed by atoms with van der Waals surface area (Å²) in [6.07, 6.45) is 0.856. The summed E-state index contributed by atoms with van der Waals surface area (Å²) >= 11 is 2.68. The zero-order valence-corrected chi connectivity index (χ0v) is 18.1. The van der Waals surface area contributed by atoms with Gasteiger partial charge in [-0.25, -0.2) is 14.8 Å². The van der Waals surface area contributed by atoms with Crippen molar-refractivity contribution >= 4 is 62.7 Å². The standard InChI is InChI=1S/C18H20N4O3S2.ClH/c1-4-12-10(3)19-17(20-12)26-9-15(23)22-18-21-13-7-6-11(8-14(13)27-18)16(24)25-5-2;/h6-8H,4-5,9H2,1-3H3,(H,19,20)(H,21,22,23);1H. The van der Waals surface area contributed by atoms with Crippen molar-refractivity contribution in [1.29, 1.82) is 0 Å². The Labute approximate surface area is 177 Å². The summed E-state index contributed by atoms with van der Waals surface area (Å²) in [5, 5.41) is 4.04. The minimum absolute atomic E-state index is 0. The normalized spacial score (nSPS) is 10.5. The highest BCUT2D eigenvalue weighted by Gasteiger charge is 2.13.